The average molecular weight is 241 g/mol. The largest absolute Gasteiger partial charge is 0.398 e. The first-order chi connectivity index (χ1) is 7.54. The molecule has 1 aromatic rings. The lowest BCUT2D eigenvalue weighted by molar-refractivity contribution is 0.576. The van der Waals surface area contributed by atoms with Gasteiger partial charge in [0.1, 0.15) is 4.90 Å². The summed E-state index contributed by atoms with van der Waals surface area (Å²) in [5.74, 6) is 0.465. The molecule has 16 heavy (non-hydrogen) atoms. The van der Waals surface area contributed by atoms with Crippen LogP contribution in [0.2, 0.25) is 0 Å². The maximum Gasteiger partial charge on any atom is 0.244 e. The summed E-state index contributed by atoms with van der Waals surface area (Å²) >= 11 is 0. The highest BCUT2D eigenvalue weighted by atomic mass is 32.2. The van der Waals surface area contributed by atoms with Crippen molar-refractivity contribution >= 4 is 15.7 Å². The van der Waals surface area contributed by atoms with Crippen molar-refractivity contribution in [2.45, 2.75) is 30.7 Å². The molecule has 1 fully saturated rings. The molecular formula is C10H15N3O2S. The van der Waals surface area contributed by atoms with Gasteiger partial charge in [0.2, 0.25) is 10.0 Å². The molecule has 1 aliphatic rings. The number of nitrogens with zero attached hydrogens (tertiary/aromatic N) is 1. The predicted molar refractivity (Wildman–Crippen MR) is 61.2 cm³/mol. The minimum atomic E-state index is -3.51. The van der Waals surface area contributed by atoms with E-state index in [0.717, 1.165) is 12.8 Å². The number of aromatic nitrogens is 1. The van der Waals surface area contributed by atoms with E-state index in [4.69, 9.17) is 5.73 Å². The molecule has 2 rings (SSSR count). The molecule has 0 aliphatic heterocycles. The van der Waals surface area contributed by atoms with Crippen LogP contribution in [0, 0.1) is 5.92 Å². The van der Waals surface area contributed by atoms with Crippen molar-refractivity contribution in [2.75, 3.05) is 5.73 Å². The van der Waals surface area contributed by atoms with Crippen LogP contribution in [0.15, 0.2) is 23.4 Å². The molecule has 1 heterocycles. The Balaban J connectivity index is 2.17. The molecule has 5 nitrogen and oxygen atoms in total. The number of anilines is 1. The quantitative estimate of drug-likeness (QED) is 0.814. The van der Waals surface area contributed by atoms with E-state index in [1.165, 1.54) is 18.5 Å². The lowest BCUT2D eigenvalue weighted by Gasteiger charge is -2.07. The maximum absolute atomic E-state index is 11.9. The van der Waals surface area contributed by atoms with Crippen molar-refractivity contribution in [1.82, 2.24) is 9.71 Å². The fourth-order valence-corrected chi connectivity index (χ4v) is 3.11. The van der Waals surface area contributed by atoms with Gasteiger partial charge >= 0.3 is 0 Å². The molecule has 1 aromatic heterocycles. The van der Waals surface area contributed by atoms with Crippen molar-refractivity contribution in [2.24, 2.45) is 5.92 Å². The molecule has 0 amide bonds. The summed E-state index contributed by atoms with van der Waals surface area (Å²) in [4.78, 5) is 3.85. The number of sulfonamides is 1. The molecular weight excluding hydrogens is 226 g/mol. The van der Waals surface area contributed by atoms with Crippen LogP contribution >= 0.6 is 0 Å². The Morgan fingerprint density at radius 2 is 2.38 bits per heavy atom. The Morgan fingerprint density at radius 1 is 1.62 bits per heavy atom. The highest BCUT2D eigenvalue weighted by Crippen LogP contribution is 2.34. The minimum absolute atomic E-state index is 0.0645. The Hall–Kier alpha value is -1.14. The lowest BCUT2D eigenvalue weighted by atomic mass is 10.3. The predicted octanol–water partition coefficient (Wildman–Crippen LogP) is 0.741. The molecule has 88 valence electrons. The van der Waals surface area contributed by atoms with Gasteiger partial charge in [-0.05, 0) is 18.4 Å². The molecule has 2 atom stereocenters. The highest BCUT2D eigenvalue weighted by molar-refractivity contribution is 7.89. The van der Waals surface area contributed by atoms with Gasteiger partial charge in [-0.1, -0.05) is 13.3 Å². The third-order valence-electron chi connectivity index (χ3n) is 2.86. The fourth-order valence-electron chi connectivity index (χ4n) is 1.72. The molecule has 1 aliphatic carbocycles. The third-order valence-corrected chi connectivity index (χ3v) is 4.39. The summed E-state index contributed by atoms with van der Waals surface area (Å²) in [5, 5.41) is 0. The van der Waals surface area contributed by atoms with Gasteiger partial charge in [0, 0.05) is 18.4 Å². The SMILES string of the molecule is CCC1CC1NS(=O)(=O)c1cnccc1N. The van der Waals surface area contributed by atoms with Gasteiger partial charge in [0.25, 0.3) is 0 Å². The van der Waals surface area contributed by atoms with E-state index in [9.17, 15) is 8.42 Å². The summed E-state index contributed by atoms with van der Waals surface area (Å²) in [5.41, 5.74) is 5.84. The van der Waals surface area contributed by atoms with Crippen LogP contribution in [0.4, 0.5) is 5.69 Å². The summed E-state index contributed by atoms with van der Waals surface area (Å²) < 4.78 is 26.5. The standard InChI is InChI=1S/C10H15N3O2S/c1-2-7-5-9(7)13-16(14,15)10-6-12-4-3-8(10)11/h3-4,6-7,9,13H,2,5H2,1H3,(H2,11,12). The van der Waals surface area contributed by atoms with Gasteiger partial charge in [-0.25, -0.2) is 13.1 Å². The van der Waals surface area contributed by atoms with Gasteiger partial charge in [0.05, 0.1) is 5.69 Å². The van der Waals surface area contributed by atoms with Crippen LogP contribution in [0.25, 0.3) is 0 Å². The van der Waals surface area contributed by atoms with E-state index >= 15 is 0 Å². The third kappa shape index (κ3) is 2.17. The second-order valence-corrected chi connectivity index (χ2v) is 5.73. The van der Waals surface area contributed by atoms with Crippen LogP contribution in [-0.2, 0) is 10.0 Å². The van der Waals surface area contributed by atoms with Gasteiger partial charge in [-0.2, -0.15) is 0 Å². The Bertz CT molecular complexity index is 487. The summed E-state index contributed by atoms with van der Waals surface area (Å²) in [7, 11) is -3.51. The van der Waals surface area contributed by atoms with Crippen molar-refractivity contribution in [1.29, 1.82) is 0 Å². The van der Waals surface area contributed by atoms with Crippen LogP contribution in [0.1, 0.15) is 19.8 Å². The number of nitrogen functional groups attached to an aromatic ring is 1. The Morgan fingerprint density at radius 3 is 2.94 bits per heavy atom. The molecule has 6 heteroatoms. The molecule has 0 spiro atoms. The highest BCUT2D eigenvalue weighted by Gasteiger charge is 2.39. The summed E-state index contributed by atoms with van der Waals surface area (Å²) in [6.07, 6.45) is 4.66. The molecule has 0 radical (unpaired) electrons. The zero-order valence-corrected chi connectivity index (χ0v) is 9.87. The summed E-state index contributed by atoms with van der Waals surface area (Å²) in [6.45, 7) is 2.05. The molecule has 1 saturated carbocycles. The minimum Gasteiger partial charge on any atom is -0.398 e. The zero-order chi connectivity index (χ0) is 11.8. The van der Waals surface area contributed by atoms with Gasteiger partial charge in [-0.3, -0.25) is 4.98 Å². The van der Waals surface area contributed by atoms with Crippen LogP contribution in [-0.4, -0.2) is 19.4 Å². The maximum atomic E-state index is 11.9. The second-order valence-electron chi connectivity index (χ2n) is 4.05. The number of nitrogens with one attached hydrogen (secondary N) is 1. The average Bonchev–Trinajstić information content (AvgIpc) is 2.96. The normalized spacial score (nSPS) is 24.3. The van der Waals surface area contributed by atoms with Crippen molar-refractivity contribution in [3.05, 3.63) is 18.5 Å². The van der Waals surface area contributed by atoms with Crippen molar-refractivity contribution in [3.63, 3.8) is 0 Å². The number of hydrogen-bond donors (Lipinski definition) is 2. The van der Waals surface area contributed by atoms with Gasteiger partial charge < -0.3 is 5.73 Å². The van der Waals surface area contributed by atoms with E-state index < -0.39 is 10.0 Å². The zero-order valence-electron chi connectivity index (χ0n) is 9.05. The second kappa shape index (κ2) is 4.03. The first-order valence-electron chi connectivity index (χ1n) is 5.26. The van der Waals surface area contributed by atoms with E-state index in [1.807, 2.05) is 0 Å². The first kappa shape index (κ1) is 11.3. The lowest BCUT2D eigenvalue weighted by Crippen LogP contribution is -2.27. The number of nitrogens with two attached hydrogens (primary N) is 1. The summed E-state index contributed by atoms with van der Waals surface area (Å²) in [6, 6.07) is 1.55. The molecule has 0 aromatic carbocycles. The first-order valence-corrected chi connectivity index (χ1v) is 6.74. The van der Waals surface area contributed by atoms with Crippen molar-refractivity contribution in [3.8, 4) is 0 Å². The van der Waals surface area contributed by atoms with E-state index in [0.29, 0.717) is 5.92 Å². The number of pyridine rings is 1. The van der Waals surface area contributed by atoms with E-state index in [1.54, 1.807) is 0 Å². The monoisotopic (exact) mass is 241 g/mol. The molecule has 0 saturated heterocycles. The topological polar surface area (TPSA) is 85.1 Å². The Labute approximate surface area is 95.1 Å². The van der Waals surface area contributed by atoms with Crippen molar-refractivity contribution < 1.29 is 8.42 Å². The molecule has 0 bridgehead atoms. The van der Waals surface area contributed by atoms with Crippen LogP contribution in [0.3, 0.4) is 0 Å². The van der Waals surface area contributed by atoms with Crippen LogP contribution in [0.5, 0.6) is 0 Å². The molecule has 3 N–H and O–H groups in total. The number of hydrogen-bond acceptors (Lipinski definition) is 4. The Kier molecular flexibility index (Phi) is 2.86. The van der Waals surface area contributed by atoms with Crippen LogP contribution < -0.4 is 10.5 Å². The van der Waals surface area contributed by atoms with E-state index in [2.05, 4.69) is 16.6 Å². The van der Waals surface area contributed by atoms with Gasteiger partial charge in [0.15, 0.2) is 0 Å². The van der Waals surface area contributed by atoms with Gasteiger partial charge in [-0.15, -0.1) is 0 Å². The van der Waals surface area contributed by atoms with E-state index in [-0.39, 0.29) is 16.6 Å². The smallest absolute Gasteiger partial charge is 0.244 e. The number of rotatable bonds is 4. The fraction of sp³-hybridized carbons (Fsp3) is 0.500. The molecule has 2 unspecified atom stereocenters.